The zero-order chi connectivity index (χ0) is 22.2. The van der Waals surface area contributed by atoms with Crippen molar-refractivity contribution in [2.24, 2.45) is 11.1 Å². The number of anilines is 2. The molecular weight excluding hydrogens is 446 g/mol. The van der Waals surface area contributed by atoms with E-state index in [0.717, 1.165) is 17.9 Å². The summed E-state index contributed by atoms with van der Waals surface area (Å²) in [4.78, 5) is 8.46. The molecule has 0 aliphatic heterocycles. The van der Waals surface area contributed by atoms with Gasteiger partial charge >= 0.3 is 10.3 Å². The Balaban J connectivity index is 1.40. The smallest absolute Gasteiger partial charge is 0.333 e. The van der Waals surface area contributed by atoms with E-state index < -0.39 is 34.5 Å². The molecule has 1 aromatic carbocycles. The summed E-state index contributed by atoms with van der Waals surface area (Å²) in [7, 11) is -4.12. The van der Waals surface area contributed by atoms with E-state index in [9.17, 15) is 18.6 Å². The lowest BCUT2D eigenvalue weighted by atomic mass is 10.1. The fourth-order valence-electron chi connectivity index (χ4n) is 4.23. The first-order valence-electron chi connectivity index (χ1n) is 9.86. The van der Waals surface area contributed by atoms with Crippen molar-refractivity contribution in [1.29, 1.82) is 0 Å². The highest BCUT2D eigenvalue weighted by molar-refractivity contribution is 7.84. The molecule has 1 saturated carbocycles. The van der Waals surface area contributed by atoms with E-state index in [1.165, 1.54) is 17.5 Å². The molecule has 1 fully saturated rings. The fraction of sp³-hybridized carbons (Fsp3) is 0.474. The quantitative estimate of drug-likeness (QED) is 0.398. The Kier molecular flexibility index (Phi) is 6.33. The van der Waals surface area contributed by atoms with Crippen molar-refractivity contribution < 1.29 is 22.8 Å². The largest absolute Gasteiger partial charge is 0.390 e. The first-order valence-corrected chi connectivity index (χ1v) is 11.7. The molecule has 0 saturated heterocycles. The van der Waals surface area contributed by atoms with E-state index in [-0.39, 0.29) is 19.1 Å². The Morgan fingerprint density at radius 3 is 2.65 bits per heavy atom. The Morgan fingerprint density at radius 1 is 1.16 bits per heavy atom. The molecule has 12 heteroatoms. The van der Waals surface area contributed by atoms with Crippen LogP contribution in [0.25, 0.3) is 0 Å². The van der Waals surface area contributed by atoms with Crippen molar-refractivity contribution in [3.8, 4) is 0 Å². The number of benzene rings is 1. The third-order valence-electron chi connectivity index (χ3n) is 5.75. The van der Waals surface area contributed by atoms with Crippen molar-refractivity contribution in [1.82, 2.24) is 9.97 Å². The minimum atomic E-state index is -4.12. The number of nitrogens with zero attached hydrogens (tertiary/aromatic N) is 2. The van der Waals surface area contributed by atoms with Crippen molar-refractivity contribution in [3.63, 3.8) is 0 Å². The Hall–Kier alpha value is -2.02. The second-order valence-corrected chi connectivity index (χ2v) is 9.53. The van der Waals surface area contributed by atoms with Gasteiger partial charge < -0.3 is 20.8 Å². The van der Waals surface area contributed by atoms with E-state index in [1.54, 1.807) is 6.07 Å². The van der Waals surface area contributed by atoms with Crippen molar-refractivity contribution in [2.75, 3.05) is 17.2 Å². The average Bonchev–Trinajstić information content (AvgIpc) is 3.21. The number of halogens is 1. The van der Waals surface area contributed by atoms with Gasteiger partial charge in [-0.25, -0.2) is 15.1 Å². The van der Waals surface area contributed by atoms with Gasteiger partial charge in [0.2, 0.25) is 0 Å². The van der Waals surface area contributed by atoms with Gasteiger partial charge in [0.15, 0.2) is 0 Å². The van der Waals surface area contributed by atoms with Crippen LogP contribution in [0.3, 0.4) is 0 Å². The second kappa shape index (κ2) is 8.85. The molecule has 10 nitrogen and oxygen atoms in total. The number of hydrogen-bond donors (Lipinski definition) is 5. The van der Waals surface area contributed by atoms with Crippen LogP contribution < -0.4 is 15.8 Å². The second-order valence-electron chi connectivity index (χ2n) is 7.87. The average molecular weight is 470 g/mol. The number of hydrogen-bond acceptors (Lipinski definition) is 9. The van der Waals surface area contributed by atoms with Crippen molar-refractivity contribution in [2.45, 2.75) is 43.6 Å². The third-order valence-corrected chi connectivity index (χ3v) is 6.45. The molecule has 5 atom stereocenters. The predicted octanol–water partition coefficient (Wildman–Crippen LogP) is 0.972. The Labute approximate surface area is 185 Å². The van der Waals surface area contributed by atoms with Crippen LogP contribution in [-0.2, 0) is 20.9 Å². The molecule has 6 N–H and O–H groups in total. The summed E-state index contributed by atoms with van der Waals surface area (Å²) >= 11 is 6.08. The molecule has 0 bridgehead atoms. The maximum atomic E-state index is 11.0. The number of nitrogens with two attached hydrogens (primary N) is 1. The number of nitrogens with one attached hydrogen (secondary N) is 2. The summed E-state index contributed by atoms with van der Waals surface area (Å²) in [6.45, 7) is -0.309. The molecule has 4 rings (SSSR count). The summed E-state index contributed by atoms with van der Waals surface area (Å²) in [6.07, 6.45) is 1.26. The molecule has 0 radical (unpaired) electrons. The Bertz CT molecular complexity index is 1060. The van der Waals surface area contributed by atoms with Gasteiger partial charge in [0, 0.05) is 17.0 Å². The van der Waals surface area contributed by atoms with Crippen LogP contribution in [0, 0.1) is 5.92 Å². The number of fused-ring (bicyclic) bond motifs is 1. The monoisotopic (exact) mass is 469 g/mol. The number of aromatic nitrogens is 2. The maximum absolute atomic E-state index is 11.0. The topological polar surface area (TPSA) is 160 Å². The molecule has 0 spiro atoms. The number of aliphatic hydroxyl groups is 2. The third kappa shape index (κ3) is 5.25. The SMILES string of the molecule is NS(=O)(=O)OC[C@H]1C[C@@H](Nc2cc(NC3CCc4cc(Cl)ccc43)ncn2)[C@H](O)[C@@H]1O. The van der Waals surface area contributed by atoms with Crippen molar-refractivity contribution in [3.05, 3.63) is 46.7 Å². The van der Waals surface area contributed by atoms with Crippen LogP contribution >= 0.6 is 11.6 Å². The molecule has 1 aromatic heterocycles. The highest BCUT2D eigenvalue weighted by atomic mass is 35.5. The number of rotatable bonds is 7. The van der Waals surface area contributed by atoms with Crippen LogP contribution in [0.1, 0.15) is 30.0 Å². The predicted molar refractivity (Wildman–Crippen MR) is 115 cm³/mol. The van der Waals surface area contributed by atoms with Gasteiger partial charge in [0.25, 0.3) is 0 Å². The zero-order valence-electron chi connectivity index (χ0n) is 16.5. The highest BCUT2D eigenvalue weighted by Gasteiger charge is 2.42. The van der Waals surface area contributed by atoms with Crippen LogP contribution in [0.5, 0.6) is 0 Å². The van der Waals surface area contributed by atoms with Crippen LogP contribution in [0.4, 0.5) is 11.6 Å². The molecule has 31 heavy (non-hydrogen) atoms. The molecule has 2 aliphatic carbocycles. The summed E-state index contributed by atoms with van der Waals surface area (Å²) in [5.74, 6) is 0.496. The van der Waals surface area contributed by atoms with E-state index >= 15 is 0 Å². The van der Waals surface area contributed by atoms with Gasteiger partial charge in [0.1, 0.15) is 24.1 Å². The lowest BCUT2D eigenvalue weighted by molar-refractivity contribution is 0.00778. The van der Waals surface area contributed by atoms with E-state index in [0.29, 0.717) is 11.6 Å². The summed E-state index contributed by atoms with van der Waals surface area (Å²) in [5, 5.41) is 32.6. The van der Waals surface area contributed by atoms with Gasteiger partial charge in [-0.2, -0.15) is 8.42 Å². The molecule has 0 amide bonds. The standard InChI is InChI=1S/C19H24ClN5O5S/c20-12-2-3-13-10(5-12)1-4-14(13)24-16-7-17(23-9-22-16)25-15-6-11(18(26)19(15)27)8-30-31(21,28)29/h2-3,5,7,9,11,14-15,18-19,26-27H,1,4,6,8H2,(H2,21,28,29)(H2,22,23,24,25)/t11-,14?,15-,18-,19+/m1/s1. The van der Waals surface area contributed by atoms with Gasteiger partial charge in [-0.3, -0.25) is 4.18 Å². The van der Waals surface area contributed by atoms with Crippen LogP contribution in [0.15, 0.2) is 30.6 Å². The first-order chi connectivity index (χ1) is 14.7. The minimum absolute atomic E-state index is 0.105. The number of aliphatic hydroxyl groups excluding tert-OH is 2. The first kappa shape index (κ1) is 22.2. The summed E-state index contributed by atoms with van der Waals surface area (Å²) in [6, 6.07) is 7.16. The lowest BCUT2D eigenvalue weighted by Crippen LogP contribution is -2.36. The summed E-state index contributed by atoms with van der Waals surface area (Å²) < 4.78 is 26.5. The van der Waals surface area contributed by atoms with Crippen LogP contribution in [0.2, 0.25) is 5.02 Å². The minimum Gasteiger partial charge on any atom is -0.390 e. The van der Waals surface area contributed by atoms with Gasteiger partial charge in [-0.05, 0) is 42.5 Å². The van der Waals surface area contributed by atoms with Crippen molar-refractivity contribution >= 4 is 33.5 Å². The number of aryl methyl sites for hydroxylation is 1. The van der Waals surface area contributed by atoms with Crippen LogP contribution in [-0.4, -0.2) is 53.5 Å². The molecule has 2 aliphatic rings. The maximum Gasteiger partial charge on any atom is 0.333 e. The lowest BCUT2D eigenvalue weighted by Gasteiger charge is -2.19. The van der Waals surface area contributed by atoms with E-state index in [1.807, 2.05) is 18.2 Å². The van der Waals surface area contributed by atoms with Gasteiger partial charge in [-0.15, -0.1) is 0 Å². The van der Waals surface area contributed by atoms with Gasteiger partial charge in [-0.1, -0.05) is 17.7 Å². The molecule has 2 aromatic rings. The van der Waals surface area contributed by atoms with E-state index in [4.69, 9.17) is 16.7 Å². The fourth-order valence-corrected chi connectivity index (χ4v) is 4.79. The molecule has 168 valence electrons. The highest BCUT2D eigenvalue weighted by Crippen LogP contribution is 2.35. The summed E-state index contributed by atoms with van der Waals surface area (Å²) in [5.41, 5.74) is 2.40. The molecular formula is C19H24ClN5O5S. The Morgan fingerprint density at radius 2 is 1.90 bits per heavy atom. The normalized spacial score (nSPS) is 27.8. The molecule has 1 heterocycles. The van der Waals surface area contributed by atoms with Gasteiger partial charge in [0.05, 0.1) is 24.8 Å². The molecule has 1 unspecified atom stereocenters. The van der Waals surface area contributed by atoms with E-state index in [2.05, 4.69) is 24.8 Å². The zero-order valence-corrected chi connectivity index (χ0v) is 18.1.